The van der Waals surface area contributed by atoms with E-state index in [1.165, 1.54) is 17.8 Å². The van der Waals surface area contributed by atoms with E-state index in [-0.39, 0.29) is 22.4 Å². The summed E-state index contributed by atoms with van der Waals surface area (Å²) in [5.74, 6) is 0. The van der Waals surface area contributed by atoms with Gasteiger partial charge in [-0.2, -0.15) is 0 Å². The van der Waals surface area contributed by atoms with Gasteiger partial charge in [0, 0.05) is 6.04 Å². The zero-order valence-electron chi connectivity index (χ0n) is 13.0. The molecule has 1 saturated carbocycles. The molecule has 0 amide bonds. The van der Waals surface area contributed by atoms with Crippen LogP contribution in [0.2, 0.25) is 0 Å². The van der Waals surface area contributed by atoms with Crippen molar-refractivity contribution in [3.8, 4) is 0 Å². The topological polar surface area (TPSA) is 37.8 Å². The van der Waals surface area contributed by atoms with Gasteiger partial charge in [0.1, 0.15) is 4.83 Å². The molecule has 0 unspecified atom stereocenters. The Hall–Kier alpha value is -0.940. The molecule has 3 nitrogen and oxygen atoms in total. The first-order chi connectivity index (χ1) is 9.69. The minimum Gasteiger partial charge on any atom is -0.323 e. The lowest BCUT2D eigenvalue weighted by molar-refractivity contribution is 0.0701. The Morgan fingerprint density at radius 3 is 2.52 bits per heavy atom. The van der Waals surface area contributed by atoms with Crippen LogP contribution in [0.25, 0.3) is 10.2 Å². The lowest BCUT2D eigenvalue weighted by Crippen LogP contribution is -2.38. The Kier molecular flexibility index (Phi) is 3.41. The number of rotatable bonds is 1. The second kappa shape index (κ2) is 4.78. The average molecular weight is 322 g/mol. The molecule has 0 aromatic carbocycles. The van der Waals surface area contributed by atoms with Crippen LogP contribution in [0.3, 0.4) is 0 Å². The molecule has 0 bridgehead atoms. The highest BCUT2D eigenvalue weighted by molar-refractivity contribution is 7.71. The predicted octanol–water partition coefficient (Wildman–Crippen LogP) is 4.90. The third-order valence-corrected chi connectivity index (χ3v) is 5.58. The predicted molar refractivity (Wildman–Crippen MR) is 91.7 cm³/mol. The summed E-state index contributed by atoms with van der Waals surface area (Å²) < 4.78 is 2.39. The molecular formula is C16H22N2OS2. The SMILES string of the molecule is CC1(C)CC(n2c(=S)[nH]c3sccc3c2=O)CC(C)(C)C1. The Bertz CT molecular complexity index is 778. The molecule has 3 rings (SSSR count). The fourth-order valence-electron chi connectivity index (χ4n) is 4.26. The largest absolute Gasteiger partial charge is 0.323 e. The summed E-state index contributed by atoms with van der Waals surface area (Å²) in [5.41, 5.74) is 0.530. The van der Waals surface area contributed by atoms with Crippen LogP contribution in [0.1, 0.15) is 53.0 Å². The van der Waals surface area contributed by atoms with Gasteiger partial charge in [0.25, 0.3) is 5.56 Å². The van der Waals surface area contributed by atoms with E-state index in [0.717, 1.165) is 23.1 Å². The zero-order valence-corrected chi connectivity index (χ0v) is 14.7. The van der Waals surface area contributed by atoms with Crippen molar-refractivity contribution < 1.29 is 0 Å². The lowest BCUT2D eigenvalue weighted by atomic mass is 9.63. The number of aromatic nitrogens is 2. The van der Waals surface area contributed by atoms with Crippen LogP contribution < -0.4 is 5.56 Å². The molecule has 1 fully saturated rings. The van der Waals surface area contributed by atoms with Crippen LogP contribution in [0, 0.1) is 15.6 Å². The van der Waals surface area contributed by atoms with Crippen LogP contribution in [0.4, 0.5) is 0 Å². The van der Waals surface area contributed by atoms with Crippen molar-refractivity contribution in [1.82, 2.24) is 9.55 Å². The molecule has 21 heavy (non-hydrogen) atoms. The van der Waals surface area contributed by atoms with Crippen molar-refractivity contribution in [2.75, 3.05) is 0 Å². The zero-order chi connectivity index (χ0) is 15.4. The fourth-order valence-corrected chi connectivity index (χ4v) is 5.43. The molecule has 114 valence electrons. The third-order valence-electron chi connectivity index (χ3n) is 4.45. The van der Waals surface area contributed by atoms with Crippen molar-refractivity contribution in [1.29, 1.82) is 0 Å². The van der Waals surface area contributed by atoms with E-state index in [2.05, 4.69) is 32.7 Å². The van der Waals surface area contributed by atoms with Gasteiger partial charge >= 0.3 is 0 Å². The maximum absolute atomic E-state index is 12.8. The number of hydrogen-bond donors (Lipinski definition) is 1. The van der Waals surface area contributed by atoms with Crippen LogP contribution in [-0.2, 0) is 0 Å². The van der Waals surface area contributed by atoms with Crippen molar-refractivity contribution in [3.05, 3.63) is 26.6 Å². The normalized spacial score (nSPS) is 21.7. The maximum Gasteiger partial charge on any atom is 0.263 e. The monoisotopic (exact) mass is 322 g/mol. The molecule has 1 aliphatic carbocycles. The third kappa shape index (κ3) is 2.73. The number of hydrogen-bond acceptors (Lipinski definition) is 3. The van der Waals surface area contributed by atoms with E-state index in [1.807, 2.05) is 16.0 Å². The van der Waals surface area contributed by atoms with Gasteiger partial charge in [-0.25, -0.2) is 0 Å². The highest BCUT2D eigenvalue weighted by Crippen LogP contribution is 2.49. The smallest absolute Gasteiger partial charge is 0.263 e. The number of fused-ring (bicyclic) bond motifs is 1. The number of H-pyrrole nitrogens is 1. The van der Waals surface area contributed by atoms with E-state index in [4.69, 9.17) is 12.2 Å². The first kappa shape index (κ1) is 15.0. The molecule has 0 spiro atoms. The van der Waals surface area contributed by atoms with Crippen molar-refractivity contribution in [2.24, 2.45) is 10.8 Å². The van der Waals surface area contributed by atoms with E-state index in [9.17, 15) is 4.79 Å². The van der Waals surface area contributed by atoms with Crippen molar-refractivity contribution in [2.45, 2.75) is 53.0 Å². The van der Waals surface area contributed by atoms with Gasteiger partial charge in [-0.15, -0.1) is 11.3 Å². The molecule has 0 aliphatic heterocycles. The summed E-state index contributed by atoms with van der Waals surface area (Å²) >= 11 is 7.01. The molecule has 2 aromatic heterocycles. The molecule has 2 aromatic rings. The molecule has 0 saturated heterocycles. The summed E-state index contributed by atoms with van der Waals surface area (Å²) in [6.45, 7) is 9.17. The highest BCUT2D eigenvalue weighted by Gasteiger charge is 2.39. The molecule has 1 aliphatic rings. The van der Waals surface area contributed by atoms with E-state index in [1.54, 1.807) is 0 Å². The summed E-state index contributed by atoms with van der Waals surface area (Å²) in [5, 5.41) is 2.70. The Balaban J connectivity index is 2.16. The first-order valence-corrected chi connectivity index (χ1v) is 8.69. The second-order valence-electron chi connectivity index (χ2n) is 7.84. The molecular weight excluding hydrogens is 300 g/mol. The fraction of sp³-hybridized carbons (Fsp3) is 0.625. The Morgan fingerprint density at radius 1 is 1.29 bits per heavy atom. The maximum atomic E-state index is 12.8. The van der Waals surface area contributed by atoms with Gasteiger partial charge in [0.15, 0.2) is 4.77 Å². The molecule has 0 atom stereocenters. The summed E-state index contributed by atoms with van der Waals surface area (Å²) in [4.78, 5) is 16.9. The molecule has 5 heteroatoms. The average Bonchev–Trinajstić information content (AvgIpc) is 2.72. The minimum atomic E-state index is 0.0634. The number of nitrogens with zero attached hydrogens (tertiary/aromatic N) is 1. The van der Waals surface area contributed by atoms with Gasteiger partial charge in [0.2, 0.25) is 0 Å². The summed E-state index contributed by atoms with van der Waals surface area (Å²) in [6.07, 6.45) is 3.19. The first-order valence-electron chi connectivity index (χ1n) is 7.41. The van der Waals surface area contributed by atoms with Gasteiger partial charge in [0.05, 0.1) is 5.39 Å². The molecule has 1 N–H and O–H groups in total. The standard InChI is InChI=1S/C16H22N2OS2/c1-15(2)7-10(8-16(3,4)9-15)18-13(19)11-5-6-21-12(11)17-14(18)20/h5-6,10H,7-9H2,1-4H3,(H,17,20). The van der Waals surface area contributed by atoms with Gasteiger partial charge in [-0.05, 0) is 53.8 Å². The Morgan fingerprint density at radius 2 is 1.90 bits per heavy atom. The number of aromatic amines is 1. The lowest BCUT2D eigenvalue weighted by Gasteiger charge is -2.45. The second-order valence-corrected chi connectivity index (χ2v) is 9.14. The summed E-state index contributed by atoms with van der Waals surface area (Å²) in [7, 11) is 0. The van der Waals surface area contributed by atoms with Crippen LogP contribution in [-0.4, -0.2) is 9.55 Å². The van der Waals surface area contributed by atoms with E-state index in [0.29, 0.717) is 4.77 Å². The van der Waals surface area contributed by atoms with E-state index >= 15 is 0 Å². The van der Waals surface area contributed by atoms with Crippen LogP contribution >= 0.6 is 23.6 Å². The van der Waals surface area contributed by atoms with Gasteiger partial charge in [-0.3, -0.25) is 9.36 Å². The minimum absolute atomic E-state index is 0.0634. The van der Waals surface area contributed by atoms with Gasteiger partial charge in [-0.1, -0.05) is 27.7 Å². The number of nitrogens with one attached hydrogen (secondary N) is 1. The molecule has 0 radical (unpaired) electrons. The quantitative estimate of drug-likeness (QED) is 0.758. The van der Waals surface area contributed by atoms with Gasteiger partial charge < -0.3 is 4.98 Å². The number of thiophene rings is 1. The van der Waals surface area contributed by atoms with Crippen LogP contribution in [0.5, 0.6) is 0 Å². The van der Waals surface area contributed by atoms with Crippen molar-refractivity contribution >= 4 is 33.8 Å². The molecule has 2 heterocycles. The van der Waals surface area contributed by atoms with E-state index < -0.39 is 0 Å². The van der Waals surface area contributed by atoms with Crippen LogP contribution in [0.15, 0.2) is 16.2 Å². The Labute approximate surface area is 134 Å². The van der Waals surface area contributed by atoms with Crippen molar-refractivity contribution in [3.63, 3.8) is 0 Å². The highest BCUT2D eigenvalue weighted by atomic mass is 32.1. The summed E-state index contributed by atoms with van der Waals surface area (Å²) in [6, 6.07) is 2.08.